The molecule has 0 aromatic rings. The van der Waals surface area contributed by atoms with Crippen molar-refractivity contribution in [3.05, 3.63) is 0 Å². The predicted octanol–water partition coefficient (Wildman–Crippen LogP) is -0.0303. The van der Waals surface area contributed by atoms with Crippen molar-refractivity contribution in [3.63, 3.8) is 0 Å². The number of aliphatic hydroxyl groups excluding tert-OH is 1. The van der Waals surface area contributed by atoms with E-state index in [1.54, 1.807) is 0 Å². The molecular weight excluding hydrogens is 182 g/mol. The molecule has 5 heteroatoms. The summed E-state index contributed by atoms with van der Waals surface area (Å²) in [5, 5.41) is 20.2. The van der Waals surface area contributed by atoms with E-state index in [0.717, 1.165) is 6.54 Å². The van der Waals surface area contributed by atoms with Crippen molar-refractivity contribution < 1.29 is 10.3 Å². The first-order valence-corrected chi connectivity index (χ1v) is 5.09. The standard InChI is InChI=1S/C9H19N3O2/c10-9(11-14)4-5-12(6-7-13)8-2-1-3-8/h8,13-14H,1-7H2,(H2,10,11). The summed E-state index contributed by atoms with van der Waals surface area (Å²) in [6.07, 6.45) is 4.25. The van der Waals surface area contributed by atoms with Crippen molar-refractivity contribution in [3.8, 4) is 0 Å². The van der Waals surface area contributed by atoms with Gasteiger partial charge in [-0.2, -0.15) is 0 Å². The Morgan fingerprint density at radius 2 is 2.14 bits per heavy atom. The normalized spacial score (nSPS) is 18.6. The van der Waals surface area contributed by atoms with Crippen LogP contribution in [0.25, 0.3) is 0 Å². The van der Waals surface area contributed by atoms with Crippen LogP contribution in [0.1, 0.15) is 25.7 Å². The van der Waals surface area contributed by atoms with Crippen LogP contribution < -0.4 is 5.73 Å². The third-order valence-electron chi connectivity index (χ3n) is 2.76. The topological polar surface area (TPSA) is 82.1 Å². The van der Waals surface area contributed by atoms with Gasteiger partial charge in [-0.15, -0.1) is 0 Å². The second-order valence-electron chi connectivity index (χ2n) is 3.69. The third kappa shape index (κ3) is 3.16. The van der Waals surface area contributed by atoms with Crippen LogP contribution in [-0.2, 0) is 0 Å². The molecule has 82 valence electrons. The molecule has 1 fully saturated rings. The summed E-state index contributed by atoms with van der Waals surface area (Å²) >= 11 is 0. The largest absolute Gasteiger partial charge is 0.409 e. The van der Waals surface area contributed by atoms with E-state index in [1.807, 2.05) is 0 Å². The maximum absolute atomic E-state index is 8.88. The molecule has 0 radical (unpaired) electrons. The van der Waals surface area contributed by atoms with E-state index in [4.69, 9.17) is 16.0 Å². The average Bonchev–Trinajstić information content (AvgIpc) is 2.11. The van der Waals surface area contributed by atoms with E-state index in [-0.39, 0.29) is 12.4 Å². The number of nitrogens with two attached hydrogens (primary N) is 1. The molecule has 0 atom stereocenters. The minimum Gasteiger partial charge on any atom is -0.409 e. The zero-order valence-electron chi connectivity index (χ0n) is 8.39. The number of aliphatic hydroxyl groups is 1. The molecule has 0 aromatic carbocycles. The van der Waals surface area contributed by atoms with Crippen LogP contribution in [0, 0.1) is 0 Å². The smallest absolute Gasteiger partial charge is 0.140 e. The fraction of sp³-hybridized carbons (Fsp3) is 0.889. The van der Waals surface area contributed by atoms with Gasteiger partial charge in [-0.05, 0) is 12.8 Å². The van der Waals surface area contributed by atoms with Crippen molar-refractivity contribution >= 4 is 5.84 Å². The van der Waals surface area contributed by atoms with E-state index >= 15 is 0 Å². The predicted molar refractivity (Wildman–Crippen MR) is 54.3 cm³/mol. The van der Waals surface area contributed by atoms with E-state index in [0.29, 0.717) is 19.0 Å². The molecule has 0 amide bonds. The molecular formula is C9H19N3O2. The highest BCUT2D eigenvalue weighted by atomic mass is 16.4. The number of nitrogens with zero attached hydrogens (tertiary/aromatic N) is 2. The van der Waals surface area contributed by atoms with Crippen molar-refractivity contribution in [2.45, 2.75) is 31.7 Å². The lowest BCUT2D eigenvalue weighted by molar-refractivity contribution is 0.104. The molecule has 1 aliphatic rings. The molecule has 0 aliphatic heterocycles. The highest BCUT2D eigenvalue weighted by Gasteiger charge is 2.24. The Morgan fingerprint density at radius 3 is 2.57 bits per heavy atom. The van der Waals surface area contributed by atoms with Gasteiger partial charge in [0.15, 0.2) is 0 Å². The molecule has 0 spiro atoms. The molecule has 0 bridgehead atoms. The van der Waals surface area contributed by atoms with E-state index in [2.05, 4.69) is 10.1 Å². The maximum Gasteiger partial charge on any atom is 0.140 e. The van der Waals surface area contributed by atoms with Gasteiger partial charge in [-0.25, -0.2) is 0 Å². The van der Waals surface area contributed by atoms with Gasteiger partial charge >= 0.3 is 0 Å². The van der Waals surface area contributed by atoms with Gasteiger partial charge in [-0.3, -0.25) is 4.90 Å². The fourth-order valence-corrected chi connectivity index (χ4v) is 1.67. The van der Waals surface area contributed by atoms with E-state index < -0.39 is 0 Å². The van der Waals surface area contributed by atoms with E-state index in [1.165, 1.54) is 19.3 Å². The van der Waals surface area contributed by atoms with Crippen LogP contribution in [0.15, 0.2) is 5.16 Å². The Morgan fingerprint density at radius 1 is 1.43 bits per heavy atom. The summed E-state index contributed by atoms with van der Waals surface area (Å²) in [6, 6.07) is 0.591. The van der Waals surface area contributed by atoms with Gasteiger partial charge in [0.1, 0.15) is 5.84 Å². The summed E-state index contributed by atoms with van der Waals surface area (Å²) in [4.78, 5) is 2.21. The number of hydrogen-bond donors (Lipinski definition) is 3. The highest BCUT2D eigenvalue weighted by molar-refractivity contribution is 5.79. The van der Waals surface area contributed by atoms with Gasteiger partial charge < -0.3 is 16.0 Å². The van der Waals surface area contributed by atoms with Crippen molar-refractivity contribution in [1.82, 2.24) is 4.90 Å². The molecule has 0 saturated heterocycles. The molecule has 14 heavy (non-hydrogen) atoms. The minimum absolute atomic E-state index is 0.173. The van der Waals surface area contributed by atoms with Gasteiger partial charge in [0.05, 0.1) is 6.61 Å². The molecule has 1 rings (SSSR count). The van der Waals surface area contributed by atoms with Gasteiger partial charge in [0.25, 0.3) is 0 Å². The van der Waals surface area contributed by atoms with Gasteiger partial charge in [0.2, 0.25) is 0 Å². The first-order chi connectivity index (χ1) is 6.77. The summed E-state index contributed by atoms with van der Waals surface area (Å²) in [7, 11) is 0. The Balaban J connectivity index is 2.27. The molecule has 0 heterocycles. The van der Waals surface area contributed by atoms with Gasteiger partial charge in [0, 0.05) is 25.6 Å². The minimum atomic E-state index is 0.173. The molecule has 4 N–H and O–H groups in total. The van der Waals surface area contributed by atoms with Crippen LogP contribution in [0.2, 0.25) is 0 Å². The van der Waals surface area contributed by atoms with Crippen molar-refractivity contribution in [2.24, 2.45) is 10.9 Å². The number of amidine groups is 1. The Bertz CT molecular complexity index is 192. The first kappa shape index (κ1) is 11.3. The van der Waals surface area contributed by atoms with Crippen LogP contribution in [0.5, 0.6) is 0 Å². The first-order valence-electron chi connectivity index (χ1n) is 5.09. The summed E-state index contributed by atoms with van der Waals surface area (Å²) < 4.78 is 0. The Hall–Kier alpha value is -0.810. The van der Waals surface area contributed by atoms with Crippen LogP contribution in [0.3, 0.4) is 0 Å². The summed E-state index contributed by atoms with van der Waals surface area (Å²) in [5.74, 6) is 0.257. The Labute approximate surface area is 84.2 Å². The zero-order valence-corrected chi connectivity index (χ0v) is 8.39. The highest BCUT2D eigenvalue weighted by Crippen LogP contribution is 2.24. The maximum atomic E-state index is 8.88. The monoisotopic (exact) mass is 201 g/mol. The molecule has 1 saturated carbocycles. The lowest BCUT2D eigenvalue weighted by atomic mass is 9.91. The summed E-state index contributed by atoms with van der Waals surface area (Å²) in [6.45, 7) is 1.62. The fourth-order valence-electron chi connectivity index (χ4n) is 1.67. The summed E-state index contributed by atoms with van der Waals surface area (Å²) in [5.41, 5.74) is 5.39. The lowest BCUT2D eigenvalue weighted by Crippen LogP contribution is -2.43. The quantitative estimate of drug-likeness (QED) is 0.244. The Kier molecular flexibility index (Phi) is 4.69. The average molecular weight is 201 g/mol. The molecule has 0 aromatic heterocycles. The van der Waals surface area contributed by atoms with Crippen molar-refractivity contribution in [1.29, 1.82) is 0 Å². The van der Waals surface area contributed by atoms with Crippen LogP contribution in [0.4, 0.5) is 0 Å². The van der Waals surface area contributed by atoms with Crippen molar-refractivity contribution in [2.75, 3.05) is 19.7 Å². The second kappa shape index (κ2) is 5.82. The SMILES string of the molecule is NC(CCN(CCO)C1CCC1)=NO. The zero-order chi connectivity index (χ0) is 10.4. The van der Waals surface area contributed by atoms with Crippen LogP contribution >= 0.6 is 0 Å². The van der Waals surface area contributed by atoms with Crippen LogP contribution in [-0.4, -0.2) is 46.8 Å². The number of oxime groups is 1. The lowest BCUT2D eigenvalue weighted by Gasteiger charge is -2.37. The third-order valence-corrected chi connectivity index (χ3v) is 2.76. The van der Waals surface area contributed by atoms with Gasteiger partial charge in [-0.1, -0.05) is 11.6 Å². The second-order valence-corrected chi connectivity index (χ2v) is 3.69. The number of rotatable bonds is 6. The number of hydrogen-bond acceptors (Lipinski definition) is 4. The molecule has 5 nitrogen and oxygen atoms in total. The molecule has 0 unspecified atom stereocenters. The molecule has 1 aliphatic carbocycles. The van der Waals surface area contributed by atoms with E-state index in [9.17, 15) is 0 Å².